The largest absolute Gasteiger partial charge is 0.375 e. The van der Waals surface area contributed by atoms with E-state index < -0.39 is 0 Å². The fourth-order valence-electron chi connectivity index (χ4n) is 3.35. The molecule has 104 valence electrons. The molecule has 2 atom stereocenters. The second kappa shape index (κ2) is 5.99. The normalized spacial score (nSPS) is 28.1. The van der Waals surface area contributed by atoms with Crippen molar-refractivity contribution in [1.82, 2.24) is 9.88 Å². The van der Waals surface area contributed by atoms with E-state index in [9.17, 15) is 0 Å². The smallest absolute Gasteiger partial charge is 0.0731 e. The molecule has 19 heavy (non-hydrogen) atoms. The molecule has 2 heterocycles. The third kappa shape index (κ3) is 2.96. The van der Waals surface area contributed by atoms with Crippen molar-refractivity contribution >= 4 is 0 Å². The van der Waals surface area contributed by atoms with Crippen molar-refractivity contribution in [1.29, 1.82) is 0 Å². The van der Waals surface area contributed by atoms with E-state index in [4.69, 9.17) is 10.5 Å². The SMILES string of the molecule is NCc1cc(CN2CCOC3CCCCC32)ccn1. The summed E-state index contributed by atoms with van der Waals surface area (Å²) < 4.78 is 5.92. The van der Waals surface area contributed by atoms with Gasteiger partial charge in [-0.25, -0.2) is 0 Å². The van der Waals surface area contributed by atoms with Crippen molar-refractivity contribution in [2.24, 2.45) is 5.73 Å². The van der Waals surface area contributed by atoms with Crippen molar-refractivity contribution in [3.8, 4) is 0 Å². The van der Waals surface area contributed by atoms with Crippen LogP contribution in [0.15, 0.2) is 18.3 Å². The fourth-order valence-corrected chi connectivity index (χ4v) is 3.35. The zero-order chi connectivity index (χ0) is 13.1. The number of aromatic nitrogens is 1. The van der Waals surface area contributed by atoms with Gasteiger partial charge < -0.3 is 10.5 Å². The second-order valence-electron chi connectivity index (χ2n) is 5.59. The Kier molecular flexibility index (Phi) is 4.11. The maximum Gasteiger partial charge on any atom is 0.0731 e. The van der Waals surface area contributed by atoms with Crippen LogP contribution in [0.1, 0.15) is 36.9 Å². The van der Waals surface area contributed by atoms with Crippen LogP contribution >= 0.6 is 0 Å². The average molecular weight is 261 g/mol. The molecule has 4 heteroatoms. The molecule has 1 aromatic heterocycles. The summed E-state index contributed by atoms with van der Waals surface area (Å²) in [5, 5.41) is 0. The number of morpholine rings is 1. The molecule has 2 N–H and O–H groups in total. The van der Waals surface area contributed by atoms with E-state index >= 15 is 0 Å². The van der Waals surface area contributed by atoms with E-state index in [0.717, 1.165) is 25.4 Å². The summed E-state index contributed by atoms with van der Waals surface area (Å²) in [7, 11) is 0. The number of hydrogen-bond acceptors (Lipinski definition) is 4. The summed E-state index contributed by atoms with van der Waals surface area (Å²) in [6, 6.07) is 4.84. The predicted molar refractivity (Wildman–Crippen MR) is 74.5 cm³/mol. The first-order chi connectivity index (χ1) is 9.36. The van der Waals surface area contributed by atoms with E-state index in [0.29, 0.717) is 18.7 Å². The van der Waals surface area contributed by atoms with Gasteiger partial charge >= 0.3 is 0 Å². The van der Waals surface area contributed by atoms with Crippen LogP contribution in [-0.2, 0) is 17.8 Å². The van der Waals surface area contributed by atoms with Crippen molar-refractivity contribution in [2.75, 3.05) is 13.2 Å². The fraction of sp³-hybridized carbons (Fsp3) is 0.667. The molecule has 4 nitrogen and oxygen atoms in total. The van der Waals surface area contributed by atoms with Gasteiger partial charge in [0.1, 0.15) is 0 Å². The van der Waals surface area contributed by atoms with Gasteiger partial charge in [-0.15, -0.1) is 0 Å². The maximum absolute atomic E-state index is 5.92. The topological polar surface area (TPSA) is 51.4 Å². The lowest BCUT2D eigenvalue weighted by molar-refractivity contribution is -0.0911. The summed E-state index contributed by atoms with van der Waals surface area (Å²) in [6.07, 6.45) is 7.49. The Morgan fingerprint density at radius 3 is 3.16 bits per heavy atom. The molecule has 0 amide bonds. The first-order valence-electron chi connectivity index (χ1n) is 7.36. The van der Waals surface area contributed by atoms with Crippen LogP contribution in [0.25, 0.3) is 0 Å². The molecule has 2 unspecified atom stereocenters. The van der Waals surface area contributed by atoms with Crippen LogP contribution < -0.4 is 5.73 Å². The Hall–Kier alpha value is -0.970. The van der Waals surface area contributed by atoms with Crippen molar-refractivity contribution in [3.05, 3.63) is 29.6 Å². The molecule has 1 saturated carbocycles. The predicted octanol–water partition coefficient (Wildman–Crippen LogP) is 1.68. The third-order valence-corrected chi connectivity index (χ3v) is 4.32. The van der Waals surface area contributed by atoms with Gasteiger partial charge in [-0.2, -0.15) is 0 Å². The number of rotatable bonds is 3. The number of hydrogen-bond donors (Lipinski definition) is 1. The molecular formula is C15H23N3O. The minimum absolute atomic E-state index is 0.457. The average Bonchev–Trinajstić information content (AvgIpc) is 2.48. The lowest BCUT2D eigenvalue weighted by atomic mass is 9.90. The zero-order valence-corrected chi connectivity index (χ0v) is 11.4. The molecule has 0 aromatic carbocycles. The van der Waals surface area contributed by atoms with Crippen LogP contribution in [0.3, 0.4) is 0 Å². The number of ether oxygens (including phenoxy) is 1. The van der Waals surface area contributed by atoms with Gasteiger partial charge in [0, 0.05) is 31.9 Å². The highest BCUT2D eigenvalue weighted by atomic mass is 16.5. The summed E-state index contributed by atoms with van der Waals surface area (Å²) in [5.41, 5.74) is 7.96. The minimum Gasteiger partial charge on any atom is -0.375 e. The molecule has 1 aromatic rings. The zero-order valence-electron chi connectivity index (χ0n) is 11.4. The molecule has 2 fully saturated rings. The van der Waals surface area contributed by atoms with Gasteiger partial charge in [-0.05, 0) is 30.5 Å². The Bertz CT molecular complexity index is 422. The van der Waals surface area contributed by atoms with Gasteiger partial charge in [0.05, 0.1) is 18.4 Å². The standard InChI is InChI=1S/C15H23N3O/c16-10-13-9-12(5-6-17-13)11-18-7-8-19-15-4-2-1-3-14(15)18/h5-6,9,14-15H,1-4,7-8,10-11,16H2. The van der Waals surface area contributed by atoms with Gasteiger partial charge in [0.15, 0.2) is 0 Å². The van der Waals surface area contributed by atoms with E-state index in [-0.39, 0.29) is 0 Å². The van der Waals surface area contributed by atoms with Gasteiger partial charge in [0.25, 0.3) is 0 Å². The van der Waals surface area contributed by atoms with Crippen molar-refractivity contribution in [2.45, 2.75) is 50.9 Å². The van der Waals surface area contributed by atoms with E-state index in [1.165, 1.54) is 31.2 Å². The molecule has 0 radical (unpaired) electrons. The molecule has 0 bridgehead atoms. The summed E-state index contributed by atoms with van der Waals surface area (Å²) >= 11 is 0. The van der Waals surface area contributed by atoms with Crippen LogP contribution in [0.4, 0.5) is 0 Å². The summed E-state index contributed by atoms with van der Waals surface area (Å²) in [5.74, 6) is 0. The molecule has 3 rings (SSSR count). The Labute approximate surface area is 115 Å². The molecule has 2 aliphatic rings. The van der Waals surface area contributed by atoms with Gasteiger partial charge in [0.2, 0.25) is 0 Å². The van der Waals surface area contributed by atoms with Crippen LogP contribution in [0.5, 0.6) is 0 Å². The van der Waals surface area contributed by atoms with Crippen LogP contribution in [-0.4, -0.2) is 35.2 Å². The van der Waals surface area contributed by atoms with E-state index in [1.807, 2.05) is 6.20 Å². The molecule has 1 saturated heterocycles. The Morgan fingerprint density at radius 1 is 1.37 bits per heavy atom. The Balaban J connectivity index is 1.70. The molecule has 1 aliphatic heterocycles. The lowest BCUT2D eigenvalue weighted by Gasteiger charge is -2.43. The summed E-state index contributed by atoms with van der Waals surface area (Å²) in [6.45, 7) is 3.43. The first-order valence-corrected chi connectivity index (χ1v) is 7.36. The third-order valence-electron chi connectivity index (χ3n) is 4.32. The number of nitrogens with two attached hydrogens (primary N) is 1. The molecule has 0 spiro atoms. The summed E-state index contributed by atoms with van der Waals surface area (Å²) in [4.78, 5) is 6.85. The maximum atomic E-state index is 5.92. The lowest BCUT2D eigenvalue weighted by Crippen LogP contribution is -2.52. The van der Waals surface area contributed by atoms with Gasteiger partial charge in [-0.3, -0.25) is 9.88 Å². The van der Waals surface area contributed by atoms with Crippen LogP contribution in [0.2, 0.25) is 0 Å². The number of pyridine rings is 1. The van der Waals surface area contributed by atoms with Crippen LogP contribution in [0, 0.1) is 0 Å². The highest BCUT2D eigenvalue weighted by Gasteiger charge is 2.33. The quantitative estimate of drug-likeness (QED) is 0.899. The highest BCUT2D eigenvalue weighted by molar-refractivity contribution is 5.16. The van der Waals surface area contributed by atoms with E-state index in [2.05, 4.69) is 22.0 Å². The van der Waals surface area contributed by atoms with Crippen molar-refractivity contribution in [3.63, 3.8) is 0 Å². The second-order valence-corrected chi connectivity index (χ2v) is 5.59. The van der Waals surface area contributed by atoms with Crippen molar-refractivity contribution < 1.29 is 4.74 Å². The number of nitrogens with zero attached hydrogens (tertiary/aromatic N) is 2. The van der Waals surface area contributed by atoms with Gasteiger partial charge in [-0.1, -0.05) is 12.8 Å². The molecule has 1 aliphatic carbocycles. The highest BCUT2D eigenvalue weighted by Crippen LogP contribution is 2.29. The number of fused-ring (bicyclic) bond motifs is 1. The monoisotopic (exact) mass is 261 g/mol. The first kappa shape index (κ1) is 13.0. The Morgan fingerprint density at radius 2 is 2.26 bits per heavy atom. The van der Waals surface area contributed by atoms with E-state index in [1.54, 1.807) is 0 Å². The minimum atomic E-state index is 0.457. The molecular weight excluding hydrogens is 238 g/mol.